The number of aryl methyl sites for hydroxylation is 2. The van der Waals surface area contributed by atoms with Gasteiger partial charge in [-0.2, -0.15) is 0 Å². The fourth-order valence-corrected chi connectivity index (χ4v) is 4.88. The highest BCUT2D eigenvalue weighted by molar-refractivity contribution is 5.99. The number of pyridine rings is 2. The number of benzene rings is 1. The largest absolute Gasteiger partial charge is 0.485 e. The van der Waals surface area contributed by atoms with Crippen LogP contribution < -0.4 is 4.74 Å². The van der Waals surface area contributed by atoms with E-state index in [9.17, 15) is 9.90 Å². The molecule has 0 aliphatic carbocycles. The van der Waals surface area contributed by atoms with Crippen molar-refractivity contribution in [2.24, 2.45) is 0 Å². The van der Waals surface area contributed by atoms with Crippen molar-refractivity contribution in [1.82, 2.24) is 19.7 Å². The number of hydrogen-bond donors (Lipinski definition) is 1. The first-order valence-corrected chi connectivity index (χ1v) is 12.4. The van der Waals surface area contributed by atoms with E-state index in [0.29, 0.717) is 24.7 Å². The van der Waals surface area contributed by atoms with Crippen LogP contribution in [0.2, 0.25) is 0 Å². The van der Waals surface area contributed by atoms with Crippen LogP contribution in [0, 0.1) is 13.8 Å². The van der Waals surface area contributed by atoms with E-state index in [1.807, 2.05) is 44.4 Å². The molecule has 1 N–H and O–H groups in total. The zero-order valence-corrected chi connectivity index (χ0v) is 21.2. The molecular formula is C29H26N4O5. The minimum absolute atomic E-state index is 0.104. The van der Waals surface area contributed by atoms with Gasteiger partial charge in [-0.25, -0.2) is 9.78 Å². The second-order valence-electron chi connectivity index (χ2n) is 9.47. The summed E-state index contributed by atoms with van der Waals surface area (Å²) in [7, 11) is 0. The van der Waals surface area contributed by atoms with E-state index >= 15 is 0 Å². The highest BCUT2D eigenvalue weighted by Crippen LogP contribution is 2.41. The number of aromatic nitrogens is 4. The first kappa shape index (κ1) is 23.9. The fraction of sp³-hybridized carbons (Fsp3) is 0.241. The van der Waals surface area contributed by atoms with Crippen LogP contribution in [0.15, 0.2) is 65.6 Å². The van der Waals surface area contributed by atoms with Gasteiger partial charge in [0.1, 0.15) is 23.3 Å². The van der Waals surface area contributed by atoms with E-state index in [2.05, 4.69) is 27.7 Å². The molecule has 5 heterocycles. The van der Waals surface area contributed by atoms with Gasteiger partial charge in [0, 0.05) is 46.2 Å². The van der Waals surface area contributed by atoms with E-state index in [-0.39, 0.29) is 17.7 Å². The molecule has 0 radical (unpaired) electrons. The molecule has 0 spiro atoms. The van der Waals surface area contributed by atoms with Crippen molar-refractivity contribution in [1.29, 1.82) is 0 Å². The molecule has 0 bridgehead atoms. The monoisotopic (exact) mass is 510 g/mol. The molecule has 9 nitrogen and oxygen atoms in total. The third-order valence-corrected chi connectivity index (χ3v) is 6.94. The van der Waals surface area contributed by atoms with Gasteiger partial charge in [-0.05, 0) is 57.2 Å². The Kier molecular flexibility index (Phi) is 5.92. The van der Waals surface area contributed by atoms with Gasteiger partial charge < -0.3 is 23.7 Å². The molecule has 38 heavy (non-hydrogen) atoms. The summed E-state index contributed by atoms with van der Waals surface area (Å²) in [5.41, 5.74) is 6.05. The molecule has 1 fully saturated rings. The Morgan fingerprint density at radius 2 is 1.97 bits per heavy atom. The standard InChI is InChI=1S/C29H26N4O5/c1-16-27(18(3)38-32-16)20-10-23-24(13-33(28(23)31-12-20)17(2)25-6-4-5-9-30-25)22-8-7-19(29(34)35)11-26(22)37-21-14-36-15-21/h4-13,17,21H,14-15H2,1-3H3,(H,34,35)/t17-/m0/s1. The van der Waals surface area contributed by atoms with Crippen LogP contribution in [-0.4, -0.2) is 50.1 Å². The Morgan fingerprint density at radius 3 is 2.63 bits per heavy atom. The van der Waals surface area contributed by atoms with E-state index in [0.717, 1.165) is 44.7 Å². The molecule has 1 saturated heterocycles. The third-order valence-electron chi connectivity index (χ3n) is 6.94. The Morgan fingerprint density at radius 1 is 1.13 bits per heavy atom. The second kappa shape index (κ2) is 9.42. The summed E-state index contributed by atoms with van der Waals surface area (Å²) in [6.45, 7) is 6.79. The summed E-state index contributed by atoms with van der Waals surface area (Å²) in [5, 5.41) is 14.6. The number of ether oxygens (including phenoxy) is 2. The number of carbonyl (C=O) groups is 1. The highest BCUT2D eigenvalue weighted by Gasteiger charge is 2.25. The number of rotatable bonds is 7. The molecule has 1 atom stereocenters. The lowest BCUT2D eigenvalue weighted by Gasteiger charge is -2.28. The van der Waals surface area contributed by atoms with Crippen molar-refractivity contribution >= 4 is 17.0 Å². The van der Waals surface area contributed by atoms with Crippen LogP contribution in [0.3, 0.4) is 0 Å². The predicted molar refractivity (Wildman–Crippen MR) is 140 cm³/mol. The zero-order chi connectivity index (χ0) is 26.4. The third kappa shape index (κ3) is 4.10. The number of carboxylic acids is 1. The topological polar surface area (TPSA) is 113 Å². The summed E-state index contributed by atoms with van der Waals surface area (Å²) in [6.07, 6.45) is 5.51. The predicted octanol–water partition coefficient (Wildman–Crippen LogP) is 5.46. The maximum atomic E-state index is 11.8. The molecule has 4 aromatic heterocycles. The maximum Gasteiger partial charge on any atom is 0.335 e. The molecule has 1 aromatic carbocycles. The number of nitrogens with zero attached hydrogens (tertiary/aromatic N) is 4. The van der Waals surface area contributed by atoms with Gasteiger partial charge in [-0.15, -0.1) is 0 Å². The summed E-state index contributed by atoms with van der Waals surface area (Å²) < 4.78 is 19.0. The van der Waals surface area contributed by atoms with Crippen LogP contribution in [0.4, 0.5) is 0 Å². The SMILES string of the molecule is Cc1noc(C)c1-c1cnc2c(c1)c(-c1ccc(C(=O)O)cc1OC1COC1)cn2[C@@H](C)c1ccccn1. The van der Waals surface area contributed by atoms with E-state index in [1.54, 1.807) is 24.4 Å². The Bertz CT molecular complexity index is 1630. The van der Waals surface area contributed by atoms with Crippen LogP contribution in [0.25, 0.3) is 33.3 Å². The van der Waals surface area contributed by atoms with Gasteiger partial charge in [-0.3, -0.25) is 4.98 Å². The van der Waals surface area contributed by atoms with E-state index in [1.165, 1.54) is 0 Å². The lowest BCUT2D eigenvalue weighted by Crippen LogP contribution is -2.38. The molecule has 1 aliphatic heterocycles. The molecule has 192 valence electrons. The number of carboxylic acid groups (broad SMARTS) is 1. The Labute approximate surface area is 218 Å². The zero-order valence-electron chi connectivity index (χ0n) is 21.2. The van der Waals surface area contributed by atoms with Gasteiger partial charge in [0.05, 0.1) is 36.2 Å². The second-order valence-corrected chi connectivity index (χ2v) is 9.47. The van der Waals surface area contributed by atoms with Gasteiger partial charge in [-0.1, -0.05) is 11.2 Å². The van der Waals surface area contributed by atoms with E-state index < -0.39 is 5.97 Å². The number of aromatic carboxylic acids is 1. The molecule has 0 amide bonds. The lowest BCUT2D eigenvalue weighted by atomic mass is 9.99. The van der Waals surface area contributed by atoms with Crippen molar-refractivity contribution in [2.45, 2.75) is 32.9 Å². The van der Waals surface area contributed by atoms with Crippen molar-refractivity contribution in [2.75, 3.05) is 13.2 Å². The molecule has 5 aromatic rings. The molecule has 6 rings (SSSR count). The van der Waals surface area contributed by atoms with Crippen molar-refractivity contribution in [3.05, 3.63) is 83.8 Å². The number of fused-ring (bicyclic) bond motifs is 1. The van der Waals surface area contributed by atoms with Gasteiger partial charge >= 0.3 is 5.97 Å². The number of hydrogen-bond acceptors (Lipinski definition) is 7. The minimum Gasteiger partial charge on any atom is -0.485 e. The molecule has 9 heteroatoms. The Hall–Kier alpha value is -4.50. The van der Waals surface area contributed by atoms with Crippen LogP contribution in [0.5, 0.6) is 5.75 Å². The summed E-state index contributed by atoms with van der Waals surface area (Å²) in [6, 6.07) is 12.8. The molecule has 0 saturated carbocycles. The van der Waals surface area contributed by atoms with Gasteiger partial charge in [0.15, 0.2) is 0 Å². The van der Waals surface area contributed by atoms with Crippen molar-refractivity contribution in [3.63, 3.8) is 0 Å². The normalized spacial score (nSPS) is 14.4. The van der Waals surface area contributed by atoms with E-state index in [4.69, 9.17) is 19.0 Å². The average molecular weight is 511 g/mol. The van der Waals surface area contributed by atoms with Crippen LogP contribution in [0.1, 0.15) is 40.5 Å². The maximum absolute atomic E-state index is 11.8. The smallest absolute Gasteiger partial charge is 0.335 e. The molecular weight excluding hydrogens is 484 g/mol. The lowest BCUT2D eigenvalue weighted by molar-refractivity contribution is -0.0794. The highest BCUT2D eigenvalue weighted by atomic mass is 16.6. The quantitative estimate of drug-likeness (QED) is 0.307. The van der Waals surface area contributed by atoms with Crippen molar-refractivity contribution < 1.29 is 23.9 Å². The van der Waals surface area contributed by atoms with Crippen LogP contribution in [-0.2, 0) is 4.74 Å². The summed E-state index contributed by atoms with van der Waals surface area (Å²) >= 11 is 0. The van der Waals surface area contributed by atoms with Crippen LogP contribution >= 0.6 is 0 Å². The molecule has 0 unspecified atom stereocenters. The van der Waals surface area contributed by atoms with Gasteiger partial charge in [0.2, 0.25) is 0 Å². The fourth-order valence-electron chi connectivity index (χ4n) is 4.88. The average Bonchev–Trinajstić information content (AvgIpc) is 3.45. The van der Waals surface area contributed by atoms with Crippen molar-refractivity contribution in [3.8, 4) is 28.0 Å². The minimum atomic E-state index is -1.01. The Balaban J connectivity index is 1.58. The summed E-state index contributed by atoms with van der Waals surface area (Å²) in [4.78, 5) is 21.2. The first-order chi connectivity index (χ1) is 18.4. The molecule has 1 aliphatic rings. The van der Waals surface area contributed by atoms with Gasteiger partial charge in [0.25, 0.3) is 0 Å². The summed E-state index contributed by atoms with van der Waals surface area (Å²) in [5.74, 6) is 0.191. The first-order valence-electron chi connectivity index (χ1n) is 12.4.